The SMILES string of the molecule is Cc1ccc2sc(C(=O)C[C@H]3C4CCN(CC4)C3(C)C)cc2c1. The van der Waals surface area contributed by atoms with Crippen LogP contribution >= 0.6 is 11.3 Å². The Morgan fingerprint density at radius 2 is 2.00 bits per heavy atom. The molecule has 0 saturated carbocycles. The van der Waals surface area contributed by atoms with Crippen LogP contribution in [0.2, 0.25) is 0 Å². The Hall–Kier alpha value is -1.19. The van der Waals surface area contributed by atoms with Crippen LogP contribution in [0, 0.1) is 18.8 Å². The van der Waals surface area contributed by atoms with Crippen LogP contribution in [-0.2, 0) is 0 Å². The number of aryl methyl sites for hydroxylation is 1. The molecule has 3 aliphatic rings. The summed E-state index contributed by atoms with van der Waals surface area (Å²) >= 11 is 1.66. The first-order valence-corrected chi connectivity index (χ1v) is 9.55. The van der Waals surface area contributed by atoms with Crippen molar-refractivity contribution in [2.75, 3.05) is 13.1 Å². The number of piperidine rings is 3. The molecule has 0 radical (unpaired) electrons. The number of rotatable bonds is 3. The van der Waals surface area contributed by atoms with Gasteiger partial charge in [0.05, 0.1) is 4.88 Å². The van der Waals surface area contributed by atoms with Gasteiger partial charge in [0.2, 0.25) is 0 Å². The highest BCUT2D eigenvalue weighted by molar-refractivity contribution is 7.20. The molecule has 23 heavy (non-hydrogen) atoms. The lowest BCUT2D eigenvalue weighted by Crippen LogP contribution is -2.61. The van der Waals surface area contributed by atoms with Crippen LogP contribution in [0.4, 0.5) is 0 Å². The standard InChI is InChI=1S/C20H25NOS/c1-13-4-5-18-15(10-13)11-19(23-18)17(22)12-16-14-6-8-21(9-7-14)20(16,2)3/h4-5,10-11,14,16H,6-9,12H2,1-3H3/t16-/m0/s1. The fraction of sp³-hybridized carbons (Fsp3) is 0.550. The first-order valence-electron chi connectivity index (χ1n) is 8.73. The quantitative estimate of drug-likeness (QED) is 0.747. The smallest absolute Gasteiger partial charge is 0.173 e. The van der Waals surface area contributed by atoms with E-state index in [1.807, 2.05) is 0 Å². The van der Waals surface area contributed by atoms with Crippen LogP contribution in [0.3, 0.4) is 0 Å². The Labute approximate surface area is 142 Å². The molecule has 0 aliphatic carbocycles. The van der Waals surface area contributed by atoms with E-state index in [1.54, 1.807) is 11.3 Å². The van der Waals surface area contributed by atoms with E-state index < -0.39 is 0 Å². The maximum atomic E-state index is 12.9. The van der Waals surface area contributed by atoms with Gasteiger partial charge in [0.1, 0.15) is 0 Å². The molecule has 0 spiro atoms. The predicted molar refractivity (Wildman–Crippen MR) is 97.4 cm³/mol. The van der Waals surface area contributed by atoms with Crippen molar-refractivity contribution in [1.82, 2.24) is 4.90 Å². The Balaban J connectivity index is 1.59. The van der Waals surface area contributed by atoms with E-state index in [1.165, 1.54) is 41.6 Å². The number of carbonyl (C=O) groups excluding carboxylic acids is 1. The summed E-state index contributed by atoms with van der Waals surface area (Å²) in [5.74, 6) is 1.58. The lowest BCUT2D eigenvalue weighted by Gasteiger charge is -2.56. The van der Waals surface area contributed by atoms with Crippen LogP contribution in [0.15, 0.2) is 24.3 Å². The normalized spacial score (nSPS) is 29.1. The molecule has 3 saturated heterocycles. The van der Waals surface area contributed by atoms with Crippen LogP contribution in [-0.4, -0.2) is 29.3 Å². The van der Waals surface area contributed by atoms with Gasteiger partial charge in [-0.1, -0.05) is 17.7 Å². The lowest BCUT2D eigenvalue weighted by molar-refractivity contribution is -0.0643. The molecule has 2 aromatic rings. The lowest BCUT2D eigenvalue weighted by atomic mass is 9.65. The second kappa shape index (κ2) is 5.42. The van der Waals surface area contributed by atoms with Crippen molar-refractivity contribution in [2.45, 2.75) is 45.6 Å². The van der Waals surface area contributed by atoms with E-state index >= 15 is 0 Å². The van der Waals surface area contributed by atoms with E-state index in [0.717, 1.165) is 10.8 Å². The predicted octanol–water partition coefficient (Wildman–Crippen LogP) is 4.90. The van der Waals surface area contributed by atoms with Gasteiger partial charge in [-0.15, -0.1) is 11.3 Å². The molecule has 4 heterocycles. The molecule has 3 fully saturated rings. The van der Waals surface area contributed by atoms with Gasteiger partial charge < -0.3 is 0 Å². The molecule has 0 N–H and O–H groups in total. The van der Waals surface area contributed by atoms with E-state index in [-0.39, 0.29) is 5.54 Å². The topological polar surface area (TPSA) is 20.3 Å². The zero-order valence-electron chi connectivity index (χ0n) is 14.3. The third kappa shape index (κ3) is 2.54. The van der Waals surface area contributed by atoms with Crippen LogP contribution in [0.1, 0.15) is 48.3 Å². The number of hydrogen-bond donors (Lipinski definition) is 0. The number of fused-ring (bicyclic) bond motifs is 4. The third-order valence-corrected chi connectivity index (χ3v) is 7.34. The minimum absolute atomic E-state index is 0.171. The second-order valence-electron chi connectivity index (χ2n) is 7.86. The molecule has 0 amide bonds. The zero-order valence-corrected chi connectivity index (χ0v) is 15.1. The van der Waals surface area contributed by atoms with E-state index in [9.17, 15) is 4.79 Å². The van der Waals surface area contributed by atoms with Crippen molar-refractivity contribution in [1.29, 1.82) is 0 Å². The summed E-state index contributed by atoms with van der Waals surface area (Å²) in [6, 6.07) is 8.55. The molecule has 1 aromatic heterocycles. The second-order valence-corrected chi connectivity index (χ2v) is 8.95. The minimum Gasteiger partial charge on any atom is -0.298 e. The fourth-order valence-corrected chi connectivity index (χ4v) is 5.70. The van der Waals surface area contributed by atoms with E-state index in [4.69, 9.17) is 0 Å². The highest BCUT2D eigenvalue weighted by Crippen LogP contribution is 2.46. The van der Waals surface area contributed by atoms with E-state index in [2.05, 4.69) is 49.9 Å². The first kappa shape index (κ1) is 15.3. The Kier molecular flexibility index (Phi) is 3.62. The Bertz CT molecular complexity index is 752. The van der Waals surface area contributed by atoms with Gasteiger partial charge in [-0.25, -0.2) is 0 Å². The van der Waals surface area contributed by atoms with Crippen LogP contribution in [0.5, 0.6) is 0 Å². The highest BCUT2D eigenvalue weighted by atomic mass is 32.1. The summed E-state index contributed by atoms with van der Waals surface area (Å²) < 4.78 is 1.23. The Morgan fingerprint density at radius 3 is 2.70 bits per heavy atom. The van der Waals surface area contributed by atoms with E-state index in [0.29, 0.717) is 18.1 Å². The van der Waals surface area contributed by atoms with Crippen molar-refractivity contribution < 1.29 is 4.79 Å². The Morgan fingerprint density at radius 1 is 1.26 bits per heavy atom. The van der Waals surface area contributed by atoms with Gasteiger partial charge >= 0.3 is 0 Å². The summed E-state index contributed by atoms with van der Waals surface area (Å²) in [5.41, 5.74) is 1.43. The van der Waals surface area contributed by atoms with Crippen molar-refractivity contribution in [3.05, 3.63) is 34.7 Å². The first-order chi connectivity index (χ1) is 10.9. The molecule has 5 rings (SSSR count). The molecule has 122 valence electrons. The van der Waals surface area contributed by atoms with Crippen molar-refractivity contribution in [3.8, 4) is 0 Å². The van der Waals surface area contributed by atoms with Gasteiger partial charge in [-0.3, -0.25) is 9.69 Å². The monoisotopic (exact) mass is 327 g/mol. The molecule has 0 unspecified atom stereocenters. The molecule has 1 atom stereocenters. The van der Waals surface area contributed by atoms with Gasteiger partial charge in [-0.05, 0) is 76.1 Å². The van der Waals surface area contributed by atoms with Crippen LogP contribution < -0.4 is 0 Å². The van der Waals surface area contributed by atoms with Crippen molar-refractivity contribution in [3.63, 3.8) is 0 Å². The average Bonchev–Trinajstić information content (AvgIpc) is 2.94. The fourth-order valence-electron chi connectivity index (χ4n) is 4.71. The zero-order chi connectivity index (χ0) is 16.2. The average molecular weight is 327 g/mol. The van der Waals surface area contributed by atoms with Gasteiger partial charge in [0.25, 0.3) is 0 Å². The minimum atomic E-state index is 0.171. The van der Waals surface area contributed by atoms with Crippen molar-refractivity contribution >= 4 is 27.2 Å². The van der Waals surface area contributed by atoms with Crippen molar-refractivity contribution in [2.24, 2.45) is 11.8 Å². The van der Waals surface area contributed by atoms with Gasteiger partial charge in [0.15, 0.2) is 5.78 Å². The number of thiophene rings is 1. The summed E-state index contributed by atoms with van der Waals surface area (Å²) in [7, 11) is 0. The number of carbonyl (C=O) groups is 1. The van der Waals surface area contributed by atoms with Crippen LogP contribution in [0.25, 0.3) is 10.1 Å². The maximum absolute atomic E-state index is 12.9. The molecule has 3 heteroatoms. The number of Topliss-reactive ketones (excluding diaryl/α,β-unsaturated/α-hetero) is 1. The number of benzene rings is 1. The summed E-state index contributed by atoms with van der Waals surface area (Å²) in [5, 5.41) is 1.21. The molecule has 2 bridgehead atoms. The molecule has 2 nitrogen and oxygen atoms in total. The van der Waals surface area contributed by atoms with Gasteiger partial charge in [0, 0.05) is 16.7 Å². The summed E-state index contributed by atoms with van der Waals surface area (Å²) in [6.07, 6.45) is 3.25. The number of nitrogens with zero attached hydrogens (tertiary/aromatic N) is 1. The number of hydrogen-bond acceptors (Lipinski definition) is 3. The summed E-state index contributed by atoms with van der Waals surface area (Å²) in [4.78, 5) is 16.5. The molecular weight excluding hydrogens is 302 g/mol. The highest BCUT2D eigenvalue weighted by Gasteiger charge is 2.47. The third-order valence-electron chi connectivity index (χ3n) is 6.18. The van der Waals surface area contributed by atoms with Gasteiger partial charge in [-0.2, -0.15) is 0 Å². The largest absolute Gasteiger partial charge is 0.298 e. The maximum Gasteiger partial charge on any atom is 0.173 e. The molecule has 1 aromatic carbocycles. The number of ketones is 1. The molecule has 3 aliphatic heterocycles. The summed E-state index contributed by atoms with van der Waals surface area (Å²) in [6.45, 7) is 9.21. The molecular formula is C20H25NOS.